The van der Waals surface area contributed by atoms with Crippen molar-refractivity contribution in [3.8, 4) is 0 Å². The molecule has 0 aromatic carbocycles. The fourth-order valence-corrected chi connectivity index (χ4v) is 0.926. The number of rotatable bonds is 5. The van der Waals surface area contributed by atoms with Gasteiger partial charge in [-0.05, 0) is 26.7 Å². The van der Waals surface area contributed by atoms with Gasteiger partial charge >= 0.3 is 0 Å². The van der Waals surface area contributed by atoms with Crippen molar-refractivity contribution in [3.63, 3.8) is 0 Å². The zero-order valence-electron chi connectivity index (χ0n) is 7.81. The second kappa shape index (κ2) is 6.14. The summed E-state index contributed by atoms with van der Waals surface area (Å²) < 4.78 is 0. The minimum absolute atomic E-state index is 0.394. The normalized spacial score (nSPS) is 9.36. The van der Waals surface area contributed by atoms with Crippen molar-refractivity contribution < 1.29 is 4.79 Å². The lowest BCUT2D eigenvalue weighted by Crippen LogP contribution is -1.94. The molecule has 0 saturated heterocycles. The molecule has 0 rings (SSSR count). The van der Waals surface area contributed by atoms with Crippen LogP contribution in [-0.4, -0.2) is 5.78 Å². The van der Waals surface area contributed by atoms with Gasteiger partial charge in [0.25, 0.3) is 0 Å². The second-order valence-electron chi connectivity index (χ2n) is 3.11. The summed E-state index contributed by atoms with van der Waals surface area (Å²) in [4.78, 5) is 11.0. The lowest BCUT2D eigenvalue weighted by molar-refractivity contribution is -0.119. The van der Waals surface area contributed by atoms with Gasteiger partial charge in [0.2, 0.25) is 0 Å². The third-order valence-electron chi connectivity index (χ3n) is 1.50. The van der Waals surface area contributed by atoms with Crippen LogP contribution in [0.4, 0.5) is 0 Å². The highest BCUT2D eigenvalue weighted by Gasteiger charge is 1.96. The molecule has 0 fully saturated rings. The van der Waals surface area contributed by atoms with E-state index in [0.29, 0.717) is 5.78 Å². The van der Waals surface area contributed by atoms with E-state index in [9.17, 15) is 4.79 Å². The molecule has 0 aliphatic heterocycles. The van der Waals surface area contributed by atoms with Crippen LogP contribution in [0.25, 0.3) is 0 Å². The minimum Gasteiger partial charge on any atom is -0.300 e. The first kappa shape index (κ1) is 10.4. The van der Waals surface area contributed by atoms with Crippen LogP contribution in [0.15, 0.2) is 11.6 Å². The number of hydrogen-bond acceptors (Lipinski definition) is 1. The predicted octanol–water partition coefficient (Wildman–Crippen LogP) is 3.10. The van der Waals surface area contributed by atoms with Crippen molar-refractivity contribution in [1.29, 1.82) is 0 Å². The summed E-state index contributed by atoms with van der Waals surface area (Å²) in [5.41, 5.74) is 1.30. The van der Waals surface area contributed by atoms with Gasteiger partial charge in [-0.2, -0.15) is 0 Å². The molecule has 0 heterocycles. The van der Waals surface area contributed by atoms with Crippen LogP contribution in [0.3, 0.4) is 0 Å². The average molecular weight is 154 g/mol. The molecule has 0 aromatic heterocycles. The summed E-state index contributed by atoms with van der Waals surface area (Å²) >= 11 is 0. The molecule has 0 amide bonds. The van der Waals surface area contributed by atoms with E-state index in [1.165, 1.54) is 5.57 Å². The number of Topliss-reactive ketones (excluding diaryl/α,β-unsaturated/α-hetero) is 1. The van der Waals surface area contributed by atoms with E-state index in [-0.39, 0.29) is 0 Å². The molecule has 0 N–H and O–H groups in total. The highest BCUT2D eigenvalue weighted by atomic mass is 16.1. The molecule has 0 unspecified atom stereocenters. The van der Waals surface area contributed by atoms with Crippen molar-refractivity contribution in [2.75, 3.05) is 0 Å². The SMILES string of the molecule is CCCC(=O)CCC=C(C)C. The van der Waals surface area contributed by atoms with E-state index in [4.69, 9.17) is 0 Å². The molecule has 64 valence electrons. The zero-order chi connectivity index (χ0) is 8.69. The number of carbonyl (C=O) groups excluding carboxylic acids is 1. The summed E-state index contributed by atoms with van der Waals surface area (Å²) in [6.07, 6.45) is 5.48. The molecule has 0 aliphatic carbocycles. The zero-order valence-corrected chi connectivity index (χ0v) is 7.81. The lowest BCUT2D eigenvalue weighted by atomic mass is 10.1. The van der Waals surface area contributed by atoms with Gasteiger partial charge in [-0.3, -0.25) is 4.79 Å². The summed E-state index contributed by atoms with van der Waals surface area (Å²) in [6, 6.07) is 0. The highest BCUT2D eigenvalue weighted by molar-refractivity contribution is 5.78. The van der Waals surface area contributed by atoms with Gasteiger partial charge in [-0.1, -0.05) is 18.6 Å². The first-order chi connectivity index (χ1) is 5.16. The molecule has 11 heavy (non-hydrogen) atoms. The number of allylic oxidation sites excluding steroid dienone is 2. The fraction of sp³-hybridized carbons (Fsp3) is 0.700. The van der Waals surface area contributed by atoms with E-state index in [0.717, 1.165) is 25.7 Å². The molecule has 1 heteroatoms. The van der Waals surface area contributed by atoms with E-state index < -0.39 is 0 Å². The maximum Gasteiger partial charge on any atom is 0.133 e. The molecule has 0 aromatic rings. The summed E-state index contributed by atoms with van der Waals surface area (Å²) in [5, 5.41) is 0. The Bertz CT molecular complexity index is 141. The third-order valence-corrected chi connectivity index (χ3v) is 1.50. The topological polar surface area (TPSA) is 17.1 Å². The quantitative estimate of drug-likeness (QED) is 0.556. The summed E-state index contributed by atoms with van der Waals surface area (Å²) in [6.45, 7) is 6.16. The molecule has 0 radical (unpaired) electrons. The number of carbonyl (C=O) groups is 1. The number of ketones is 1. The van der Waals surface area contributed by atoms with Crippen molar-refractivity contribution in [2.45, 2.75) is 46.5 Å². The van der Waals surface area contributed by atoms with E-state index in [2.05, 4.69) is 19.9 Å². The molecule has 0 bridgehead atoms. The van der Waals surface area contributed by atoms with Crippen LogP contribution in [0, 0.1) is 0 Å². The first-order valence-corrected chi connectivity index (χ1v) is 4.32. The van der Waals surface area contributed by atoms with Crippen LogP contribution < -0.4 is 0 Å². The van der Waals surface area contributed by atoms with Crippen LogP contribution in [0.2, 0.25) is 0 Å². The Labute approximate surface area is 69.5 Å². The van der Waals surface area contributed by atoms with Crippen LogP contribution in [0.1, 0.15) is 46.5 Å². The Balaban J connectivity index is 3.39. The molecule has 1 nitrogen and oxygen atoms in total. The largest absolute Gasteiger partial charge is 0.300 e. The Morgan fingerprint density at radius 2 is 1.91 bits per heavy atom. The summed E-state index contributed by atoms with van der Waals surface area (Å²) in [7, 11) is 0. The Hall–Kier alpha value is -0.590. The predicted molar refractivity (Wildman–Crippen MR) is 48.6 cm³/mol. The van der Waals surface area contributed by atoms with Gasteiger partial charge < -0.3 is 0 Å². The van der Waals surface area contributed by atoms with E-state index in [1.807, 2.05) is 6.92 Å². The molecule has 0 saturated carbocycles. The second-order valence-corrected chi connectivity index (χ2v) is 3.11. The van der Waals surface area contributed by atoms with Crippen molar-refractivity contribution in [3.05, 3.63) is 11.6 Å². The van der Waals surface area contributed by atoms with Crippen molar-refractivity contribution in [1.82, 2.24) is 0 Å². The number of hydrogen-bond donors (Lipinski definition) is 0. The van der Waals surface area contributed by atoms with Crippen molar-refractivity contribution in [2.24, 2.45) is 0 Å². The summed E-state index contributed by atoms with van der Waals surface area (Å²) in [5.74, 6) is 0.394. The van der Waals surface area contributed by atoms with E-state index >= 15 is 0 Å². The smallest absolute Gasteiger partial charge is 0.133 e. The van der Waals surface area contributed by atoms with Crippen molar-refractivity contribution >= 4 is 5.78 Å². The Kier molecular flexibility index (Phi) is 5.81. The van der Waals surface area contributed by atoms with Gasteiger partial charge in [-0.25, -0.2) is 0 Å². The molecular weight excluding hydrogens is 136 g/mol. The van der Waals surface area contributed by atoms with E-state index in [1.54, 1.807) is 0 Å². The van der Waals surface area contributed by atoms with Crippen LogP contribution in [0.5, 0.6) is 0 Å². The average Bonchev–Trinajstić information content (AvgIpc) is 1.87. The van der Waals surface area contributed by atoms with Gasteiger partial charge in [0.15, 0.2) is 0 Å². The molecule has 0 aliphatic rings. The Morgan fingerprint density at radius 1 is 1.27 bits per heavy atom. The monoisotopic (exact) mass is 154 g/mol. The van der Waals surface area contributed by atoms with Gasteiger partial charge in [-0.15, -0.1) is 0 Å². The van der Waals surface area contributed by atoms with Crippen LogP contribution in [-0.2, 0) is 4.79 Å². The highest BCUT2D eigenvalue weighted by Crippen LogP contribution is 2.01. The first-order valence-electron chi connectivity index (χ1n) is 4.32. The molecule has 0 spiro atoms. The molecule has 0 atom stereocenters. The van der Waals surface area contributed by atoms with Crippen LogP contribution >= 0.6 is 0 Å². The van der Waals surface area contributed by atoms with Gasteiger partial charge in [0.1, 0.15) is 5.78 Å². The fourth-order valence-electron chi connectivity index (χ4n) is 0.926. The standard InChI is InChI=1S/C10H18O/c1-4-6-10(11)8-5-7-9(2)3/h7H,4-6,8H2,1-3H3. The third kappa shape index (κ3) is 7.31. The Morgan fingerprint density at radius 3 is 2.36 bits per heavy atom. The lowest BCUT2D eigenvalue weighted by Gasteiger charge is -1.94. The van der Waals surface area contributed by atoms with Gasteiger partial charge in [0.05, 0.1) is 0 Å². The van der Waals surface area contributed by atoms with Gasteiger partial charge in [0, 0.05) is 12.8 Å². The maximum absolute atomic E-state index is 11.0. The molecular formula is C10H18O. The maximum atomic E-state index is 11.0. The minimum atomic E-state index is 0.394.